The van der Waals surface area contributed by atoms with Gasteiger partial charge in [-0.3, -0.25) is 4.79 Å². The maximum Gasteiger partial charge on any atom is 0.229 e. The standard InChI is InChI=1S/C23H19FN4O/c24-20-11-18(7-8-19(20)15-3-4-15)22(23(25)29)16-5-1-14(2-6-16)17-9-10-28-21(12-17)26-13-27-28/h1-2,5-13,15,22H,3-4H2,(H2,25,29). The molecule has 1 unspecified atom stereocenters. The van der Waals surface area contributed by atoms with Crippen molar-refractivity contribution in [2.24, 2.45) is 5.73 Å². The molecule has 0 radical (unpaired) electrons. The molecule has 2 aromatic carbocycles. The number of hydrogen-bond donors (Lipinski definition) is 1. The molecule has 2 N–H and O–H groups in total. The highest BCUT2D eigenvalue weighted by molar-refractivity contribution is 5.86. The molecule has 5 rings (SSSR count). The van der Waals surface area contributed by atoms with Gasteiger partial charge in [-0.05, 0) is 64.8 Å². The quantitative estimate of drug-likeness (QED) is 0.563. The lowest BCUT2D eigenvalue weighted by Gasteiger charge is -2.16. The second-order valence-electron chi connectivity index (χ2n) is 7.49. The zero-order chi connectivity index (χ0) is 20.0. The first-order valence-corrected chi connectivity index (χ1v) is 9.58. The second-order valence-corrected chi connectivity index (χ2v) is 7.49. The molecule has 0 bridgehead atoms. The number of hydrogen-bond acceptors (Lipinski definition) is 3. The molecule has 0 aliphatic heterocycles. The Bertz CT molecular complexity index is 1210. The minimum atomic E-state index is -0.689. The summed E-state index contributed by atoms with van der Waals surface area (Å²) < 4.78 is 16.2. The SMILES string of the molecule is NC(=O)C(c1ccc(-c2ccn3ncnc3c2)cc1)c1ccc(C2CC2)c(F)c1. The van der Waals surface area contributed by atoms with E-state index in [9.17, 15) is 9.18 Å². The summed E-state index contributed by atoms with van der Waals surface area (Å²) in [4.78, 5) is 16.4. The van der Waals surface area contributed by atoms with Crippen LogP contribution < -0.4 is 5.73 Å². The van der Waals surface area contributed by atoms with Crippen LogP contribution in [0.15, 0.2) is 67.1 Å². The maximum absolute atomic E-state index is 14.5. The Morgan fingerprint density at radius 2 is 1.79 bits per heavy atom. The molecule has 2 heterocycles. The summed E-state index contributed by atoms with van der Waals surface area (Å²) in [7, 11) is 0. The zero-order valence-corrected chi connectivity index (χ0v) is 15.6. The van der Waals surface area contributed by atoms with Crippen LogP contribution in [-0.2, 0) is 4.79 Å². The van der Waals surface area contributed by atoms with Crippen LogP contribution >= 0.6 is 0 Å². The minimum Gasteiger partial charge on any atom is -0.369 e. The molecule has 1 atom stereocenters. The van der Waals surface area contributed by atoms with Crippen molar-refractivity contribution in [3.05, 3.63) is 89.6 Å². The third-order valence-electron chi connectivity index (χ3n) is 5.52. The monoisotopic (exact) mass is 386 g/mol. The van der Waals surface area contributed by atoms with Gasteiger partial charge in [0.15, 0.2) is 5.65 Å². The van der Waals surface area contributed by atoms with Crippen LogP contribution in [0.4, 0.5) is 4.39 Å². The number of amides is 1. The van der Waals surface area contributed by atoms with Crippen LogP contribution in [0.1, 0.15) is 41.4 Å². The Labute approximate surface area is 167 Å². The van der Waals surface area contributed by atoms with Crippen molar-refractivity contribution < 1.29 is 9.18 Å². The first kappa shape index (κ1) is 17.6. The molecular weight excluding hydrogens is 367 g/mol. The van der Waals surface area contributed by atoms with Gasteiger partial charge in [0.05, 0.1) is 5.92 Å². The molecule has 1 saturated carbocycles. The molecule has 6 heteroatoms. The number of halogens is 1. The van der Waals surface area contributed by atoms with Gasteiger partial charge in [0.25, 0.3) is 0 Å². The molecule has 0 saturated heterocycles. The zero-order valence-electron chi connectivity index (χ0n) is 15.6. The first-order chi connectivity index (χ1) is 14.1. The van der Waals surface area contributed by atoms with Crippen molar-refractivity contribution in [2.45, 2.75) is 24.7 Å². The van der Waals surface area contributed by atoms with Crippen LogP contribution in [0.5, 0.6) is 0 Å². The topological polar surface area (TPSA) is 73.3 Å². The molecular formula is C23H19FN4O. The fraction of sp³-hybridized carbons (Fsp3) is 0.174. The Morgan fingerprint density at radius 3 is 2.48 bits per heavy atom. The van der Waals surface area contributed by atoms with E-state index >= 15 is 0 Å². The number of carbonyl (C=O) groups is 1. The average molecular weight is 386 g/mol. The summed E-state index contributed by atoms with van der Waals surface area (Å²) in [6.07, 6.45) is 5.41. The molecule has 1 fully saturated rings. The van der Waals surface area contributed by atoms with Gasteiger partial charge in [0.1, 0.15) is 12.1 Å². The Hall–Kier alpha value is -3.54. The fourth-order valence-corrected chi connectivity index (χ4v) is 3.83. The molecule has 1 aliphatic carbocycles. The first-order valence-electron chi connectivity index (χ1n) is 9.58. The van der Waals surface area contributed by atoms with Crippen LogP contribution in [0.2, 0.25) is 0 Å². The van der Waals surface area contributed by atoms with Gasteiger partial charge in [-0.2, -0.15) is 5.10 Å². The van der Waals surface area contributed by atoms with Crippen LogP contribution in [0.25, 0.3) is 16.8 Å². The van der Waals surface area contributed by atoms with Crippen molar-refractivity contribution in [3.63, 3.8) is 0 Å². The van der Waals surface area contributed by atoms with Crippen LogP contribution in [-0.4, -0.2) is 20.5 Å². The highest BCUT2D eigenvalue weighted by Gasteiger charge is 2.28. The van der Waals surface area contributed by atoms with Gasteiger partial charge in [-0.15, -0.1) is 0 Å². The van der Waals surface area contributed by atoms with Gasteiger partial charge in [0, 0.05) is 6.20 Å². The number of nitrogens with two attached hydrogens (primary N) is 1. The summed E-state index contributed by atoms with van der Waals surface area (Å²) in [5.74, 6) is -1.13. The Balaban J connectivity index is 1.47. The third kappa shape index (κ3) is 3.27. The average Bonchev–Trinajstić information content (AvgIpc) is 3.44. The number of rotatable bonds is 5. The van der Waals surface area contributed by atoms with E-state index in [1.165, 1.54) is 12.4 Å². The van der Waals surface area contributed by atoms with Crippen LogP contribution in [0.3, 0.4) is 0 Å². The van der Waals surface area contributed by atoms with Crippen molar-refractivity contribution in [1.29, 1.82) is 0 Å². The summed E-state index contributed by atoms with van der Waals surface area (Å²) in [5, 5.41) is 4.10. The fourth-order valence-electron chi connectivity index (χ4n) is 3.83. The van der Waals surface area contributed by atoms with E-state index < -0.39 is 11.8 Å². The molecule has 29 heavy (non-hydrogen) atoms. The van der Waals surface area contributed by atoms with E-state index in [1.54, 1.807) is 10.6 Å². The van der Waals surface area contributed by atoms with E-state index in [0.717, 1.165) is 40.7 Å². The van der Waals surface area contributed by atoms with Crippen molar-refractivity contribution >= 4 is 11.6 Å². The van der Waals surface area contributed by atoms with Gasteiger partial charge in [-0.25, -0.2) is 13.9 Å². The molecule has 2 aromatic heterocycles. The highest BCUT2D eigenvalue weighted by atomic mass is 19.1. The summed E-state index contributed by atoms with van der Waals surface area (Å²) in [5.41, 5.74) is 10.5. The van der Waals surface area contributed by atoms with E-state index in [4.69, 9.17) is 5.73 Å². The van der Waals surface area contributed by atoms with E-state index in [1.807, 2.05) is 48.7 Å². The van der Waals surface area contributed by atoms with Crippen LogP contribution in [0, 0.1) is 5.82 Å². The number of benzene rings is 2. The van der Waals surface area contributed by atoms with Gasteiger partial charge < -0.3 is 5.73 Å². The molecule has 1 amide bonds. The largest absolute Gasteiger partial charge is 0.369 e. The van der Waals surface area contributed by atoms with E-state index in [-0.39, 0.29) is 5.82 Å². The lowest BCUT2D eigenvalue weighted by Crippen LogP contribution is -2.22. The molecule has 5 nitrogen and oxygen atoms in total. The number of carbonyl (C=O) groups excluding carboxylic acids is 1. The van der Waals surface area contributed by atoms with E-state index in [2.05, 4.69) is 10.1 Å². The van der Waals surface area contributed by atoms with Gasteiger partial charge >= 0.3 is 0 Å². The van der Waals surface area contributed by atoms with Crippen molar-refractivity contribution in [3.8, 4) is 11.1 Å². The molecule has 4 aromatic rings. The van der Waals surface area contributed by atoms with Gasteiger partial charge in [0.2, 0.25) is 5.91 Å². The summed E-state index contributed by atoms with van der Waals surface area (Å²) in [6.45, 7) is 0. The Morgan fingerprint density at radius 1 is 1.03 bits per heavy atom. The predicted octanol–water partition coefficient (Wildman–Crippen LogP) is 4.03. The number of fused-ring (bicyclic) bond motifs is 1. The molecule has 0 spiro atoms. The smallest absolute Gasteiger partial charge is 0.229 e. The normalized spacial score (nSPS) is 14.8. The Kier molecular flexibility index (Phi) is 4.12. The van der Waals surface area contributed by atoms with Crippen molar-refractivity contribution in [2.75, 3.05) is 0 Å². The molecule has 144 valence electrons. The summed E-state index contributed by atoms with van der Waals surface area (Å²) in [6, 6.07) is 16.6. The minimum absolute atomic E-state index is 0.255. The highest BCUT2D eigenvalue weighted by Crippen LogP contribution is 2.42. The lowest BCUT2D eigenvalue weighted by atomic mass is 9.88. The lowest BCUT2D eigenvalue weighted by molar-refractivity contribution is -0.118. The maximum atomic E-state index is 14.5. The number of nitrogens with zero attached hydrogens (tertiary/aromatic N) is 3. The third-order valence-corrected chi connectivity index (χ3v) is 5.52. The van der Waals surface area contributed by atoms with E-state index in [0.29, 0.717) is 11.5 Å². The van der Waals surface area contributed by atoms with Crippen molar-refractivity contribution in [1.82, 2.24) is 14.6 Å². The predicted molar refractivity (Wildman–Crippen MR) is 108 cm³/mol. The van der Waals surface area contributed by atoms with Gasteiger partial charge in [-0.1, -0.05) is 36.4 Å². The molecule has 1 aliphatic rings. The summed E-state index contributed by atoms with van der Waals surface area (Å²) >= 11 is 0. The second kappa shape index (κ2) is 6.81. The number of aromatic nitrogens is 3. The number of pyridine rings is 1. The number of primary amides is 1.